The lowest BCUT2D eigenvalue weighted by Gasteiger charge is -2.21. The third-order valence-corrected chi connectivity index (χ3v) is 9.76. The van der Waals surface area contributed by atoms with Crippen molar-refractivity contribution in [2.75, 3.05) is 25.0 Å². The van der Waals surface area contributed by atoms with E-state index in [4.69, 9.17) is 11.6 Å². The Bertz CT molecular complexity index is 1030. The van der Waals surface area contributed by atoms with Crippen molar-refractivity contribution in [3.05, 3.63) is 23.2 Å². The first-order valence-electron chi connectivity index (χ1n) is 12.0. The van der Waals surface area contributed by atoms with Crippen molar-refractivity contribution in [2.24, 2.45) is 5.92 Å². The van der Waals surface area contributed by atoms with Gasteiger partial charge in [0.1, 0.15) is 5.54 Å². The fourth-order valence-electron chi connectivity index (χ4n) is 4.76. The second kappa shape index (κ2) is 9.81. The lowest BCUT2D eigenvalue weighted by Crippen LogP contribution is -2.39. The largest absolute Gasteiger partial charge is 0.384 e. The maximum Gasteiger partial charge on any atom is 0.224 e. The average molecular weight is 493 g/mol. The summed E-state index contributed by atoms with van der Waals surface area (Å²) in [4.78, 5) is 15.1. The van der Waals surface area contributed by atoms with E-state index in [9.17, 15) is 18.5 Å². The summed E-state index contributed by atoms with van der Waals surface area (Å²) < 4.78 is 26.5. The molecule has 0 saturated heterocycles. The quantitative estimate of drug-likeness (QED) is 0.487. The molecule has 3 aliphatic rings. The Balaban J connectivity index is 1.34. The number of carbonyl (C=O) groups excluding carboxylic acids is 1. The zero-order chi connectivity index (χ0) is 23.6. The van der Waals surface area contributed by atoms with Crippen LogP contribution in [0.15, 0.2) is 23.1 Å². The molecule has 1 amide bonds. The zero-order valence-corrected chi connectivity index (χ0v) is 20.7. The molecule has 0 bridgehead atoms. The molecule has 9 heteroatoms. The molecule has 2 N–H and O–H groups in total. The van der Waals surface area contributed by atoms with Gasteiger partial charge in [0.05, 0.1) is 21.2 Å². The molecule has 3 saturated carbocycles. The minimum Gasteiger partial charge on any atom is -0.384 e. The predicted octanol–water partition coefficient (Wildman–Crippen LogP) is 3.74. The SMILES string of the molecule is CCCN(CCNc1ccc(S(=O)(=O)[C@@H]2CC[C@@H](C(=O)NC3(C#N)CC3)C2)c(Cl)c1)C1CC1. The number of hydrogen-bond acceptors (Lipinski definition) is 6. The summed E-state index contributed by atoms with van der Waals surface area (Å²) in [6, 6.07) is 7.89. The summed E-state index contributed by atoms with van der Waals surface area (Å²) in [6.45, 7) is 5.02. The Labute approximate surface area is 201 Å². The van der Waals surface area contributed by atoms with Crippen LogP contribution in [0.25, 0.3) is 0 Å². The third-order valence-electron chi connectivity index (χ3n) is 7.06. The highest BCUT2D eigenvalue weighted by Crippen LogP contribution is 2.39. The predicted molar refractivity (Wildman–Crippen MR) is 129 cm³/mol. The number of rotatable bonds is 11. The molecule has 0 unspecified atom stereocenters. The molecule has 7 nitrogen and oxygen atoms in total. The summed E-state index contributed by atoms with van der Waals surface area (Å²) in [5.74, 6) is -0.589. The lowest BCUT2D eigenvalue weighted by atomic mass is 10.1. The number of halogens is 1. The molecule has 3 fully saturated rings. The van der Waals surface area contributed by atoms with E-state index in [1.807, 2.05) is 0 Å². The third kappa shape index (κ3) is 5.64. The van der Waals surface area contributed by atoms with E-state index in [2.05, 4.69) is 28.5 Å². The molecule has 0 heterocycles. The summed E-state index contributed by atoms with van der Waals surface area (Å²) in [5.41, 5.74) is 0.0768. The minimum absolute atomic E-state index is 0.127. The fourth-order valence-corrected chi connectivity index (χ4v) is 7.14. The maximum absolute atomic E-state index is 13.3. The topological polar surface area (TPSA) is 102 Å². The summed E-state index contributed by atoms with van der Waals surface area (Å²) in [5, 5.41) is 14.9. The Morgan fingerprint density at radius 1 is 1.24 bits per heavy atom. The zero-order valence-electron chi connectivity index (χ0n) is 19.1. The Morgan fingerprint density at radius 2 is 2.00 bits per heavy atom. The van der Waals surface area contributed by atoms with E-state index >= 15 is 0 Å². The normalized spacial score (nSPS) is 23.8. The number of benzene rings is 1. The Kier molecular flexibility index (Phi) is 7.23. The monoisotopic (exact) mass is 492 g/mol. The Morgan fingerprint density at radius 3 is 2.61 bits per heavy atom. The molecule has 4 rings (SSSR count). The van der Waals surface area contributed by atoms with Crippen LogP contribution >= 0.6 is 11.6 Å². The number of anilines is 1. The van der Waals surface area contributed by atoms with Crippen LogP contribution in [0.3, 0.4) is 0 Å². The van der Waals surface area contributed by atoms with Gasteiger partial charge >= 0.3 is 0 Å². The molecule has 2 atom stereocenters. The highest BCUT2D eigenvalue weighted by atomic mass is 35.5. The first-order chi connectivity index (χ1) is 15.8. The van der Waals surface area contributed by atoms with Gasteiger partial charge in [-0.2, -0.15) is 5.26 Å². The number of sulfone groups is 1. The van der Waals surface area contributed by atoms with Crippen molar-refractivity contribution in [2.45, 2.75) is 80.0 Å². The van der Waals surface area contributed by atoms with E-state index in [0.29, 0.717) is 25.7 Å². The van der Waals surface area contributed by atoms with Crippen LogP contribution in [0.4, 0.5) is 5.69 Å². The minimum atomic E-state index is -3.64. The Hall–Kier alpha value is -1.82. The fraction of sp³-hybridized carbons (Fsp3) is 0.667. The van der Waals surface area contributed by atoms with Gasteiger partial charge in [-0.1, -0.05) is 18.5 Å². The van der Waals surface area contributed by atoms with Crippen LogP contribution in [-0.4, -0.2) is 55.7 Å². The number of hydrogen-bond donors (Lipinski definition) is 2. The van der Waals surface area contributed by atoms with E-state index in [1.54, 1.807) is 18.2 Å². The van der Waals surface area contributed by atoms with Crippen molar-refractivity contribution in [3.63, 3.8) is 0 Å². The van der Waals surface area contributed by atoms with Crippen LogP contribution in [-0.2, 0) is 14.6 Å². The summed E-state index contributed by atoms with van der Waals surface area (Å²) in [6.07, 6.45) is 6.21. The molecule has 180 valence electrons. The molecule has 0 aliphatic heterocycles. The van der Waals surface area contributed by atoms with Crippen LogP contribution in [0.1, 0.15) is 58.3 Å². The number of nitrogens with one attached hydrogen (secondary N) is 2. The van der Waals surface area contributed by atoms with Gasteiger partial charge in [0.25, 0.3) is 0 Å². The van der Waals surface area contributed by atoms with Gasteiger partial charge in [0.2, 0.25) is 5.91 Å². The molecule has 1 aromatic rings. The van der Waals surface area contributed by atoms with Gasteiger partial charge in [-0.05, 0) is 76.1 Å². The second-order valence-electron chi connectivity index (χ2n) is 9.70. The van der Waals surface area contributed by atoms with Gasteiger partial charge in [-0.25, -0.2) is 8.42 Å². The summed E-state index contributed by atoms with van der Waals surface area (Å²) >= 11 is 6.41. The van der Waals surface area contributed by atoms with E-state index in [0.717, 1.165) is 37.8 Å². The standard InChI is InChI=1S/C24H33ClN4O3S/c1-2-12-29(19-5-6-19)13-11-27-18-4-8-22(21(25)15-18)33(31,32)20-7-3-17(14-20)23(30)28-24(16-26)9-10-24/h4,8,15,17,19-20,27H,2-3,5-7,9-14H2,1H3,(H,28,30)/t17-,20-/m1/s1. The highest BCUT2D eigenvalue weighted by molar-refractivity contribution is 7.92. The first kappa shape index (κ1) is 24.3. The van der Waals surface area contributed by atoms with Crippen LogP contribution in [0.5, 0.6) is 0 Å². The summed E-state index contributed by atoms with van der Waals surface area (Å²) in [7, 11) is -3.64. The van der Waals surface area contributed by atoms with E-state index < -0.39 is 20.6 Å². The molecule has 0 radical (unpaired) electrons. The number of nitriles is 1. The van der Waals surface area contributed by atoms with Gasteiger partial charge in [0.15, 0.2) is 9.84 Å². The number of carbonyl (C=O) groups is 1. The lowest BCUT2D eigenvalue weighted by molar-refractivity contribution is -0.125. The number of nitrogens with zero attached hydrogens (tertiary/aromatic N) is 2. The molecule has 0 aromatic heterocycles. The van der Waals surface area contributed by atoms with E-state index in [-0.39, 0.29) is 28.2 Å². The molecule has 0 spiro atoms. The van der Waals surface area contributed by atoms with Gasteiger partial charge in [0, 0.05) is 30.7 Å². The van der Waals surface area contributed by atoms with Gasteiger partial charge in [-0.3, -0.25) is 9.69 Å². The molecule has 3 aliphatic carbocycles. The van der Waals surface area contributed by atoms with Crippen LogP contribution in [0.2, 0.25) is 5.02 Å². The maximum atomic E-state index is 13.3. The van der Waals surface area contributed by atoms with Gasteiger partial charge < -0.3 is 10.6 Å². The molecular formula is C24H33ClN4O3S. The first-order valence-corrected chi connectivity index (χ1v) is 13.9. The van der Waals surface area contributed by atoms with Crippen molar-refractivity contribution in [1.29, 1.82) is 5.26 Å². The highest BCUT2D eigenvalue weighted by Gasteiger charge is 2.47. The average Bonchev–Trinajstić information content (AvgIpc) is 3.71. The van der Waals surface area contributed by atoms with Crippen LogP contribution < -0.4 is 10.6 Å². The molecule has 33 heavy (non-hydrogen) atoms. The number of amides is 1. The van der Waals surface area contributed by atoms with Crippen molar-refractivity contribution in [3.8, 4) is 6.07 Å². The van der Waals surface area contributed by atoms with Crippen LogP contribution in [0, 0.1) is 17.2 Å². The molecular weight excluding hydrogens is 460 g/mol. The molecule has 1 aromatic carbocycles. The van der Waals surface area contributed by atoms with Crippen molar-refractivity contribution >= 4 is 33.0 Å². The van der Waals surface area contributed by atoms with Crippen molar-refractivity contribution < 1.29 is 13.2 Å². The smallest absolute Gasteiger partial charge is 0.224 e. The van der Waals surface area contributed by atoms with Gasteiger partial charge in [-0.15, -0.1) is 0 Å². The van der Waals surface area contributed by atoms with E-state index in [1.165, 1.54) is 12.8 Å². The van der Waals surface area contributed by atoms with Crippen molar-refractivity contribution in [1.82, 2.24) is 10.2 Å². The second-order valence-corrected chi connectivity index (χ2v) is 12.3.